The molecule has 1 saturated heterocycles. The van der Waals surface area contributed by atoms with Gasteiger partial charge in [-0.05, 0) is 12.8 Å². The van der Waals surface area contributed by atoms with Crippen LogP contribution < -0.4 is 0 Å². The van der Waals surface area contributed by atoms with Gasteiger partial charge in [-0.25, -0.2) is 9.67 Å². The van der Waals surface area contributed by atoms with Crippen molar-refractivity contribution >= 4 is 0 Å². The van der Waals surface area contributed by atoms with Crippen LogP contribution in [0.3, 0.4) is 0 Å². The molecule has 1 aromatic carbocycles. The standard InChI is InChI=1S/C16H19N3O2/c1-2-10-20-16(14-7-4-3-5-8-14)15(9-6-11-21-16)19-13-17-12-18-19/h2-5,7-8,12-13,15H,1,6,9-11H2. The van der Waals surface area contributed by atoms with Gasteiger partial charge in [0.15, 0.2) is 0 Å². The molecule has 0 saturated carbocycles. The zero-order chi connectivity index (χ0) is 14.5. The monoisotopic (exact) mass is 285 g/mol. The number of rotatable bonds is 5. The Morgan fingerprint density at radius 3 is 3.00 bits per heavy atom. The summed E-state index contributed by atoms with van der Waals surface area (Å²) in [5, 5.41) is 4.29. The minimum atomic E-state index is -0.846. The lowest BCUT2D eigenvalue weighted by molar-refractivity contribution is -0.286. The average Bonchev–Trinajstić information content (AvgIpc) is 3.08. The molecule has 2 heterocycles. The van der Waals surface area contributed by atoms with Crippen molar-refractivity contribution in [2.75, 3.05) is 13.2 Å². The highest BCUT2D eigenvalue weighted by Crippen LogP contribution is 2.43. The van der Waals surface area contributed by atoms with Gasteiger partial charge in [0, 0.05) is 5.56 Å². The zero-order valence-corrected chi connectivity index (χ0v) is 11.9. The van der Waals surface area contributed by atoms with Crippen molar-refractivity contribution in [3.63, 3.8) is 0 Å². The molecule has 0 aliphatic carbocycles. The Morgan fingerprint density at radius 1 is 1.43 bits per heavy atom. The quantitative estimate of drug-likeness (QED) is 0.793. The molecule has 110 valence electrons. The average molecular weight is 285 g/mol. The fraction of sp³-hybridized carbons (Fsp3) is 0.375. The van der Waals surface area contributed by atoms with E-state index in [0.717, 1.165) is 18.4 Å². The first-order valence-corrected chi connectivity index (χ1v) is 7.15. The molecule has 1 fully saturated rings. The summed E-state index contributed by atoms with van der Waals surface area (Å²) in [7, 11) is 0. The second-order valence-electron chi connectivity index (χ2n) is 5.02. The second kappa shape index (κ2) is 6.20. The minimum Gasteiger partial charge on any atom is -0.344 e. The van der Waals surface area contributed by atoms with Crippen molar-refractivity contribution in [2.24, 2.45) is 0 Å². The van der Waals surface area contributed by atoms with Crippen molar-refractivity contribution < 1.29 is 9.47 Å². The van der Waals surface area contributed by atoms with E-state index < -0.39 is 5.79 Å². The van der Waals surface area contributed by atoms with E-state index in [9.17, 15) is 0 Å². The molecule has 0 spiro atoms. The second-order valence-corrected chi connectivity index (χ2v) is 5.02. The minimum absolute atomic E-state index is 0.0453. The molecule has 2 atom stereocenters. The first-order chi connectivity index (χ1) is 10.4. The first-order valence-electron chi connectivity index (χ1n) is 7.15. The van der Waals surface area contributed by atoms with E-state index in [1.807, 2.05) is 35.0 Å². The fourth-order valence-electron chi connectivity index (χ4n) is 2.82. The number of hydrogen-bond acceptors (Lipinski definition) is 4. The summed E-state index contributed by atoms with van der Waals surface area (Å²) in [6.07, 6.45) is 6.89. The Bertz CT molecular complexity index is 570. The SMILES string of the molecule is C=CCOC1(c2ccccc2)OCCCC1n1cncn1. The molecule has 1 aliphatic rings. The van der Waals surface area contributed by atoms with Crippen LogP contribution in [-0.4, -0.2) is 28.0 Å². The zero-order valence-electron chi connectivity index (χ0n) is 11.9. The van der Waals surface area contributed by atoms with Crippen LogP contribution in [0.1, 0.15) is 24.4 Å². The number of ether oxygens (including phenoxy) is 2. The lowest BCUT2D eigenvalue weighted by Crippen LogP contribution is -2.45. The van der Waals surface area contributed by atoms with E-state index in [0.29, 0.717) is 13.2 Å². The van der Waals surface area contributed by atoms with Crippen LogP contribution >= 0.6 is 0 Å². The van der Waals surface area contributed by atoms with Gasteiger partial charge >= 0.3 is 0 Å². The summed E-state index contributed by atoms with van der Waals surface area (Å²) in [4.78, 5) is 4.06. The lowest BCUT2D eigenvalue weighted by atomic mass is 9.92. The van der Waals surface area contributed by atoms with Crippen molar-refractivity contribution in [1.82, 2.24) is 14.8 Å². The molecule has 2 aromatic rings. The van der Waals surface area contributed by atoms with Gasteiger partial charge in [0.05, 0.1) is 13.2 Å². The molecule has 2 unspecified atom stereocenters. The highest BCUT2D eigenvalue weighted by atomic mass is 16.7. The summed E-state index contributed by atoms with van der Waals surface area (Å²) in [6.45, 7) is 4.82. The molecule has 1 aromatic heterocycles. The van der Waals surface area contributed by atoms with Crippen LogP contribution in [0.2, 0.25) is 0 Å². The van der Waals surface area contributed by atoms with Crippen molar-refractivity contribution in [1.29, 1.82) is 0 Å². The van der Waals surface area contributed by atoms with Gasteiger partial charge < -0.3 is 9.47 Å². The Labute approximate surface area is 124 Å². The first kappa shape index (κ1) is 14.0. The van der Waals surface area contributed by atoms with E-state index in [4.69, 9.17) is 9.47 Å². The molecule has 5 heteroatoms. The molecule has 0 radical (unpaired) electrons. The van der Waals surface area contributed by atoms with Gasteiger partial charge in [0.2, 0.25) is 5.79 Å². The normalized spacial score (nSPS) is 25.6. The third-order valence-electron chi connectivity index (χ3n) is 3.72. The van der Waals surface area contributed by atoms with Crippen LogP contribution in [-0.2, 0) is 15.3 Å². The van der Waals surface area contributed by atoms with E-state index in [1.165, 1.54) is 6.33 Å². The predicted molar refractivity (Wildman–Crippen MR) is 78.5 cm³/mol. The molecular formula is C16H19N3O2. The van der Waals surface area contributed by atoms with Crippen LogP contribution in [0, 0.1) is 0 Å². The third-order valence-corrected chi connectivity index (χ3v) is 3.72. The molecule has 1 aliphatic heterocycles. The van der Waals surface area contributed by atoms with E-state index in [1.54, 1.807) is 12.4 Å². The smallest absolute Gasteiger partial charge is 0.218 e. The molecule has 0 bridgehead atoms. The van der Waals surface area contributed by atoms with Crippen LogP contribution in [0.15, 0.2) is 55.6 Å². The summed E-state index contributed by atoms with van der Waals surface area (Å²) in [5.74, 6) is -0.846. The highest BCUT2D eigenvalue weighted by Gasteiger charge is 2.46. The fourth-order valence-corrected chi connectivity index (χ4v) is 2.82. The van der Waals surface area contributed by atoms with Gasteiger partial charge in [0.25, 0.3) is 0 Å². The third kappa shape index (κ3) is 2.62. The van der Waals surface area contributed by atoms with E-state index in [-0.39, 0.29) is 6.04 Å². The Balaban J connectivity index is 2.04. The Hall–Kier alpha value is -1.98. The highest BCUT2D eigenvalue weighted by molar-refractivity contribution is 5.22. The molecule has 5 nitrogen and oxygen atoms in total. The maximum absolute atomic E-state index is 6.13. The maximum Gasteiger partial charge on any atom is 0.218 e. The van der Waals surface area contributed by atoms with E-state index >= 15 is 0 Å². The van der Waals surface area contributed by atoms with Crippen LogP contribution in [0.4, 0.5) is 0 Å². The summed E-state index contributed by atoms with van der Waals surface area (Å²) < 4.78 is 14.1. The number of benzene rings is 1. The van der Waals surface area contributed by atoms with Crippen LogP contribution in [0.25, 0.3) is 0 Å². The maximum atomic E-state index is 6.13. The summed E-state index contributed by atoms with van der Waals surface area (Å²) >= 11 is 0. The Morgan fingerprint density at radius 2 is 2.29 bits per heavy atom. The number of nitrogens with zero attached hydrogens (tertiary/aromatic N) is 3. The van der Waals surface area contributed by atoms with E-state index in [2.05, 4.69) is 16.7 Å². The molecule has 21 heavy (non-hydrogen) atoms. The van der Waals surface area contributed by atoms with Crippen LogP contribution in [0.5, 0.6) is 0 Å². The largest absolute Gasteiger partial charge is 0.344 e. The summed E-state index contributed by atoms with van der Waals surface area (Å²) in [5.41, 5.74) is 0.993. The summed E-state index contributed by atoms with van der Waals surface area (Å²) in [6, 6.07) is 9.97. The molecule has 3 rings (SSSR count). The van der Waals surface area contributed by atoms with Crippen molar-refractivity contribution in [2.45, 2.75) is 24.7 Å². The molecular weight excluding hydrogens is 266 g/mol. The van der Waals surface area contributed by atoms with Gasteiger partial charge in [-0.3, -0.25) is 0 Å². The topological polar surface area (TPSA) is 49.2 Å². The number of aromatic nitrogens is 3. The predicted octanol–water partition coefficient (Wildman–Crippen LogP) is 2.69. The molecule has 0 N–H and O–H groups in total. The Kier molecular flexibility index (Phi) is 4.13. The van der Waals surface area contributed by atoms with Gasteiger partial charge in [-0.15, -0.1) is 6.58 Å². The molecule has 0 amide bonds. The van der Waals surface area contributed by atoms with Gasteiger partial charge in [-0.2, -0.15) is 5.10 Å². The number of hydrogen-bond donors (Lipinski definition) is 0. The lowest BCUT2D eigenvalue weighted by Gasteiger charge is -2.43. The van der Waals surface area contributed by atoms with Crippen molar-refractivity contribution in [3.8, 4) is 0 Å². The van der Waals surface area contributed by atoms with Gasteiger partial charge in [-0.1, -0.05) is 36.4 Å². The van der Waals surface area contributed by atoms with Crippen molar-refractivity contribution in [3.05, 3.63) is 61.2 Å². The van der Waals surface area contributed by atoms with Gasteiger partial charge in [0.1, 0.15) is 18.7 Å².